The smallest absolute Gasteiger partial charge is 0.186 e. The lowest BCUT2D eigenvalue weighted by atomic mass is 10.1. The van der Waals surface area contributed by atoms with Crippen molar-refractivity contribution in [3.63, 3.8) is 0 Å². The van der Waals surface area contributed by atoms with Crippen LogP contribution in [-0.2, 0) is 4.79 Å². The summed E-state index contributed by atoms with van der Waals surface area (Å²) in [6, 6.07) is 4.08. The maximum atomic E-state index is 13.3. The Bertz CT molecular complexity index is 472. The van der Waals surface area contributed by atoms with Crippen LogP contribution in [0.1, 0.15) is 22.8 Å². The van der Waals surface area contributed by atoms with E-state index in [1.807, 2.05) is 0 Å². The predicted molar refractivity (Wildman–Crippen MR) is 61.8 cm³/mol. The summed E-state index contributed by atoms with van der Waals surface area (Å²) in [5.74, 6) is 5.10. The molecule has 0 aliphatic rings. The van der Waals surface area contributed by atoms with E-state index >= 15 is 0 Å². The molecule has 0 N–H and O–H groups in total. The first-order chi connectivity index (χ1) is 7.63. The standard InChI is InChI=1S/C12H9FO2S/c1-9(15)16-6-2-3-11-5-4-10(8-14)7-12(11)13/h4-5,7-8H,6H2,1H3. The zero-order valence-electron chi connectivity index (χ0n) is 8.62. The van der Waals surface area contributed by atoms with Crippen molar-refractivity contribution >= 4 is 23.2 Å². The fourth-order valence-corrected chi connectivity index (χ4v) is 1.32. The van der Waals surface area contributed by atoms with Crippen molar-refractivity contribution in [2.45, 2.75) is 6.92 Å². The minimum absolute atomic E-state index is 0.0222. The molecule has 0 fully saturated rings. The van der Waals surface area contributed by atoms with Crippen LogP contribution in [-0.4, -0.2) is 17.2 Å². The molecule has 1 aromatic rings. The fourth-order valence-electron chi connectivity index (χ4n) is 0.975. The molecule has 0 bridgehead atoms. The molecule has 0 saturated heterocycles. The van der Waals surface area contributed by atoms with Gasteiger partial charge in [-0.15, -0.1) is 0 Å². The van der Waals surface area contributed by atoms with Gasteiger partial charge in [-0.1, -0.05) is 29.7 Å². The van der Waals surface area contributed by atoms with E-state index in [1.165, 1.54) is 19.1 Å². The van der Waals surface area contributed by atoms with Gasteiger partial charge >= 0.3 is 0 Å². The largest absolute Gasteiger partial charge is 0.298 e. The van der Waals surface area contributed by atoms with Crippen LogP contribution < -0.4 is 0 Å². The maximum Gasteiger partial charge on any atom is 0.186 e. The summed E-state index contributed by atoms with van der Waals surface area (Å²) >= 11 is 1.07. The van der Waals surface area contributed by atoms with Crippen molar-refractivity contribution in [3.05, 3.63) is 35.1 Å². The number of halogens is 1. The fraction of sp³-hybridized carbons (Fsp3) is 0.167. The third-order valence-corrected chi connectivity index (χ3v) is 2.40. The molecule has 1 rings (SSSR count). The topological polar surface area (TPSA) is 34.1 Å². The lowest BCUT2D eigenvalue weighted by Gasteiger charge is -1.94. The third-order valence-electron chi connectivity index (χ3n) is 1.70. The Balaban J connectivity index is 2.73. The second kappa shape index (κ2) is 6.09. The molecule has 0 amide bonds. The summed E-state index contributed by atoms with van der Waals surface area (Å²) in [4.78, 5) is 20.9. The highest BCUT2D eigenvalue weighted by Crippen LogP contribution is 2.08. The molecule has 0 aliphatic heterocycles. The second-order valence-electron chi connectivity index (χ2n) is 2.94. The van der Waals surface area contributed by atoms with E-state index in [9.17, 15) is 14.0 Å². The highest BCUT2D eigenvalue weighted by Gasteiger charge is 1.99. The second-order valence-corrected chi connectivity index (χ2v) is 4.09. The molecule has 0 heterocycles. The Morgan fingerprint density at radius 1 is 1.56 bits per heavy atom. The van der Waals surface area contributed by atoms with Crippen molar-refractivity contribution in [1.29, 1.82) is 0 Å². The molecule has 0 aliphatic carbocycles. The predicted octanol–water partition coefficient (Wildman–Crippen LogP) is 2.27. The van der Waals surface area contributed by atoms with E-state index in [0.29, 0.717) is 12.0 Å². The van der Waals surface area contributed by atoms with Crippen molar-refractivity contribution in [2.75, 3.05) is 5.75 Å². The van der Waals surface area contributed by atoms with E-state index in [0.717, 1.165) is 17.8 Å². The summed E-state index contributed by atoms with van der Waals surface area (Å²) in [6.45, 7) is 1.45. The Labute approximate surface area is 97.2 Å². The number of hydrogen-bond acceptors (Lipinski definition) is 3. The van der Waals surface area contributed by atoms with Crippen molar-refractivity contribution in [1.82, 2.24) is 0 Å². The van der Waals surface area contributed by atoms with Gasteiger partial charge in [0.2, 0.25) is 0 Å². The summed E-state index contributed by atoms with van der Waals surface area (Å²) < 4.78 is 13.3. The van der Waals surface area contributed by atoms with Gasteiger partial charge < -0.3 is 0 Å². The molecular weight excluding hydrogens is 227 g/mol. The summed E-state index contributed by atoms with van der Waals surface area (Å²) in [6.07, 6.45) is 0.575. The number of carbonyl (C=O) groups excluding carboxylic acids is 2. The van der Waals surface area contributed by atoms with Gasteiger partial charge in [0.15, 0.2) is 5.12 Å². The Hall–Kier alpha value is -1.60. The van der Waals surface area contributed by atoms with E-state index in [-0.39, 0.29) is 16.2 Å². The van der Waals surface area contributed by atoms with E-state index in [1.54, 1.807) is 0 Å². The molecule has 0 unspecified atom stereocenters. The molecule has 2 nitrogen and oxygen atoms in total. The number of rotatable bonds is 2. The average Bonchev–Trinajstić information content (AvgIpc) is 2.25. The Morgan fingerprint density at radius 3 is 2.88 bits per heavy atom. The zero-order chi connectivity index (χ0) is 12.0. The van der Waals surface area contributed by atoms with Crippen molar-refractivity contribution < 1.29 is 14.0 Å². The van der Waals surface area contributed by atoms with Gasteiger partial charge in [0.05, 0.1) is 11.3 Å². The first kappa shape index (κ1) is 12.5. The number of thioether (sulfide) groups is 1. The van der Waals surface area contributed by atoms with Gasteiger partial charge in [0.1, 0.15) is 12.1 Å². The monoisotopic (exact) mass is 236 g/mol. The van der Waals surface area contributed by atoms with Crippen molar-refractivity contribution in [2.24, 2.45) is 0 Å². The molecule has 16 heavy (non-hydrogen) atoms. The number of hydrogen-bond donors (Lipinski definition) is 0. The quantitative estimate of drug-likeness (QED) is 0.583. The first-order valence-corrected chi connectivity index (χ1v) is 5.49. The van der Waals surface area contributed by atoms with Gasteiger partial charge in [0.25, 0.3) is 0 Å². The molecule has 0 radical (unpaired) electrons. The van der Waals surface area contributed by atoms with Gasteiger partial charge in [-0.3, -0.25) is 9.59 Å². The van der Waals surface area contributed by atoms with Gasteiger partial charge in [0, 0.05) is 12.5 Å². The molecule has 0 saturated carbocycles. The minimum Gasteiger partial charge on any atom is -0.298 e. The van der Waals surface area contributed by atoms with E-state index in [4.69, 9.17) is 0 Å². The number of aldehydes is 1. The molecule has 82 valence electrons. The van der Waals surface area contributed by atoms with Crippen LogP contribution in [0.25, 0.3) is 0 Å². The van der Waals surface area contributed by atoms with E-state index in [2.05, 4.69) is 11.8 Å². The maximum absolute atomic E-state index is 13.3. The molecule has 4 heteroatoms. The SMILES string of the molecule is CC(=O)SCC#Cc1ccc(C=O)cc1F. The highest BCUT2D eigenvalue weighted by molar-refractivity contribution is 8.13. The first-order valence-electron chi connectivity index (χ1n) is 4.50. The van der Waals surface area contributed by atoms with Crippen molar-refractivity contribution in [3.8, 4) is 11.8 Å². The zero-order valence-corrected chi connectivity index (χ0v) is 9.44. The normalized spacial score (nSPS) is 9.12. The van der Waals surface area contributed by atoms with E-state index < -0.39 is 5.82 Å². The summed E-state index contributed by atoms with van der Waals surface area (Å²) in [7, 11) is 0. The van der Waals surface area contributed by atoms with Crippen LogP contribution in [0.4, 0.5) is 4.39 Å². The van der Waals surface area contributed by atoms with Crippen LogP contribution in [0.5, 0.6) is 0 Å². The Morgan fingerprint density at radius 2 is 2.31 bits per heavy atom. The number of benzene rings is 1. The van der Waals surface area contributed by atoms with Crippen LogP contribution in [0.15, 0.2) is 18.2 Å². The molecule has 0 atom stereocenters. The molecule has 1 aromatic carbocycles. The third kappa shape index (κ3) is 3.87. The molecule has 0 aromatic heterocycles. The molecular formula is C12H9FO2S. The number of carbonyl (C=O) groups is 2. The van der Waals surface area contributed by atoms with Crippen LogP contribution in [0.2, 0.25) is 0 Å². The van der Waals surface area contributed by atoms with Gasteiger partial charge in [-0.05, 0) is 12.1 Å². The summed E-state index contributed by atoms with van der Waals surface area (Å²) in [5, 5.41) is -0.0222. The van der Waals surface area contributed by atoms with Gasteiger partial charge in [-0.2, -0.15) is 0 Å². The van der Waals surface area contributed by atoms with Crippen LogP contribution in [0.3, 0.4) is 0 Å². The average molecular weight is 236 g/mol. The van der Waals surface area contributed by atoms with Crippen LogP contribution >= 0.6 is 11.8 Å². The summed E-state index contributed by atoms with van der Waals surface area (Å²) in [5.41, 5.74) is 0.510. The Kier molecular flexibility index (Phi) is 4.74. The minimum atomic E-state index is -0.523. The molecule has 0 spiro atoms. The lowest BCUT2D eigenvalue weighted by molar-refractivity contribution is -0.109. The lowest BCUT2D eigenvalue weighted by Crippen LogP contribution is -1.88. The van der Waals surface area contributed by atoms with Gasteiger partial charge in [-0.25, -0.2) is 4.39 Å². The van der Waals surface area contributed by atoms with Crippen LogP contribution in [0, 0.1) is 17.7 Å². The highest BCUT2D eigenvalue weighted by atomic mass is 32.2.